The van der Waals surface area contributed by atoms with E-state index in [2.05, 4.69) is 10.2 Å². The summed E-state index contributed by atoms with van der Waals surface area (Å²) < 4.78 is 13.3. The zero-order valence-corrected chi connectivity index (χ0v) is 9.38. The van der Waals surface area contributed by atoms with Crippen LogP contribution in [0.15, 0.2) is 18.2 Å². The number of rotatable bonds is 1. The molecule has 1 atom stereocenters. The number of hydrogen-bond acceptors (Lipinski definition) is 2. The number of likely N-dealkylation sites (tertiary alicyclic amines) is 1. The van der Waals surface area contributed by atoms with Crippen LogP contribution in [-0.2, 0) is 6.54 Å². The highest BCUT2D eigenvalue weighted by molar-refractivity contribution is 5.33. The van der Waals surface area contributed by atoms with E-state index in [1.807, 2.05) is 6.07 Å². The lowest BCUT2D eigenvalue weighted by Crippen LogP contribution is -2.38. The quantitative estimate of drug-likeness (QED) is 0.779. The third kappa shape index (κ3) is 1.74. The normalized spacial score (nSPS) is 25.7. The summed E-state index contributed by atoms with van der Waals surface area (Å²) in [5.74, 6) is -0.107. The maximum absolute atomic E-state index is 13.3. The Morgan fingerprint density at radius 1 is 1.25 bits per heavy atom. The zero-order valence-electron chi connectivity index (χ0n) is 9.38. The molecule has 1 N–H and O–H groups in total. The van der Waals surface area contributed by atoms with Crippen LogP contribution in [0.2, 0.25) is 0 Å². The number of hydrogen-bond donors (Lipinski definition) is 1. The summed E-state index contributed by atoms with van der Waals surface area (Å²) in [7, 11) is 0. The molecule has 0 spiro atoms. The number of fused-ring (bicyclic) bond motifs is 1. The number of halogens is 1. The van der Waals surface area contributed by atoms with Crippen LogP contribution in [0.4, 0.5) is 4.39 Å². The molecule has 1 saturated heterocycles. The van der Waals surface area contributed by atoms with Gasteiger partial charge < -0.3 is 5.32 Å². The van der Waals surface area contributed by atoms with Gasteiger partial charge in [-0.05, 0) is 49.2 Å². The predicted molar refractivity (Wildman–Crippen MR) is 61.7 cm³/mol. The topological polar surface area (TPSA) is 15.3 Å². The molecule has 1 aromatic rings. The lowest BCUT2D eigenvalue weighted by molar-refractivity contribution is 0.228. The lowest BCUT2D eigenvalue weighted by Gasteiger charge is -2.33. The minimum absolute atomic E-state index is 0.107. The van der Waals surface area contributed by atoms with Gasteiger partial charge in [0.25, 0.3) is 0 Å². The maximum Gasteiger partial charge on any atom is 0.123 e. The van der Waals surface area contributed by atoms with Crippen molar-refractivity contribution in [2.24, 2.45) is 0 Å². The van der Waals surface area contributed by atoms with Crippen molar-refractivity contribution in [2.75, 3.05) is 19.6 Å². The first kappa shape index (κ1) is 10.2. The van der Waals surface area contributed by atoms with Crippen molar-refractivity contribution in [1.29, 1.82) is 0 Å². The average Bonchev–Trinajstić information content (AvgIpc) is 2.81. The summed E-state index contributed by atoms with van der Waals surface area (Å²) in [5, 5.41) is 3.42. The van der Waals surface area contributed by atoms with Gasteiger partial charge in [0.05, 0.1) is 0 Å². The Kier molecular flexibility index (Phi) is 2.65. The van der Waals surface area contributed by atoms with Crippen molar-refractivity contribution in [2.45, 2.75) is 25.4 Å². The molecule has 1 aromatic carbocycles. The highest BCUT2D eigenvalue weighted by atomic mass is 19.1. The lowest BCUT2D eigenvalue weighted by atomic mass is 9.95. The van der Waals surface area contributed by atoms with Crippen molar-refractivity contribution < 1.29 is 4.39 Å². The Bertz CT molecular complexity index is 386. The molecule has 2 nitrogen and oxygen atoms in total. The van der Waals surface area contributed by atoms with Gasteiger partial charge in [-0.15, -0.1) is 0 Å². The van der Waals surface area contributed by atoms with Crippen molar-refractivity contribution in [3.05, 3.63) is 35.1 Å². The molecule has 0 bridgehead atoms. The van der Waals surface area contributed by atoms with Gasteiger partial charge in [-0.1, -0.05) is 6.07 Å². The Labute approximate surface area is 95.4 Å². The van der Waals surface area contributed by atoms with E-state index in [9.17, 15) is 4.39 Å². The molecule has 3 heteroatoms. The smallest absolute Gasteiger partial charge is 0.123 e. The van der Waals surface area contributed by atoms with Crippen LogP contribution in [0.1, 0.15) is 30.0 Å². The maximum atomic E-state index is 13.3. The predicted octanol–water partition coefficient (Wildman–Crippen LogP) is 2.07. The van der Waals surface area contributed by atoms with Crippen molar-refractivity contribution in [3.63, 3.8) is 0 Å². The molecule has 16 heavy (non-hydrogen) atoms. The fraction of sp³-hybridized carbons (Fsp3) is 0.538. The molecule has 0 unspecified atom stereocenters. The second-order valence-electron chi connectivity index (χ2n) is 4.73. The van der Waals surface area contributed by atoms with Gasteiger partial charge in [-0.25, -0.2) is 4.39 Å². The molecule has 0 radical (unpaired) electrons. The van der Waals surface area contributed by atoms with Gasteiger partial charge in [0.2, 0.25) is 0 Å². The molecule has 2 aliphatic rings. The van der Waals surface area contributed by atoms with E-state index in [-0.39, 0.29) is 5.82 Å². The zero-order chi connectivity index (χ0) is 11.0. The molecular weight excluding hydrogens is 203 g/mol. The van der Waals surface area contributed by atoms with Crippen LogP contribution in [0, 0.1) is 5.82 Å². The summed E-state index contributed by atoms with van der Waals surface area (Å²) in [6, 6.07) is 5.58. The molecule has 86 valence electrons. The van der Waals surface area contributed by atoms with Crippen molar-refractivity contribution in [1.82, 2.24) is 10.2 Å². The molecular formula is C13H17FN2. The van der Waals surface area contributed by atoms with Gasteiger partial charge in [-0.2, -0.15) is 0 Å². The van der Waals surface area contributed by atoms with Crippen LogP contribution in [0.3, 0.4) is 0 Å². The molecule has 0 aliphatic carbocycles. The van der Waals surface area contributed by atoms with E-state index < -0.39 is 0 Å². The van der Waals surface area contributed by atoms with E-state index >= 15 is 0 Å². The Morgan fingerprint density at radius 3 is 2.88 bits per heavy atom. The first-order valence-corrected chi connectivity index (χ1v) is 6.08. The first-order chi connectivity index (χ1) is 7.84. The van der Waals surface area contributed by atoms with Gasteiger partial charge >= 0.3 is 0 Å². The van der Waals surface area contributed by atoms with E-state index in [4.69, 9.17) is 0 Å². The molecule has 0 saturated carbocycles. The van der Waals surface area contributed by atoms with Crippen LogP contribution in [-0.4, -0.2) is 24.5 Å². The van der Waals surface area contributed by atoms with E-state index in [0.717, 1.165) is 26.2 Å². The van der Waals surface area contributed by atoms with E-state index in [0.29, 0.717) is 6.04 Å². The Balaban J connectivity index is 1.94. The van der Waals surface area contributed by atoms with Crippen LogP contribution in [0.25, 0.3) is 0 Å². The standard InChI is InChI=1S/C13H17FN2/c14-11-4-3-10-8-15-9-13(12(10)7-11)16-5-1-2-6-16/h3-4,7,13,15H,1-2,5-6,8-9H2/t13-/m1/s1. The molecule has 2 aliphatic heterocycles. The SMILES string of the molecule is Fc1ccc2c(c1)[C@H](N1CCCC1)CNC2. The van der Waals surface area contributed by atoms with Gasteiger partial charge in [0.1, 0.15) is 5.82 Å². The summed E-state index contributed by atoms with van der Waals surface area (Å²) >= 11 is 0. The minimum Gasteiger partial charge on any atom is -0.311 e. The average molecular weight is 220 g/mol. The first-order valence-electron chi connectivity index (χ1n) is 6.08. The van der Waals surface area contributed by atoms with Gasteiger partial charge in [-0.3, -0.25) is 4.90 Å². The number of nitrogens with zero attached hydrogens (tertiary/aromatic N) is 1. The molecule has 2 heterocycles. The van der Waals surface area contributed by atoms with Crippen molar-refractivity contribution >= 4 is 0 Å². The fourth-order valence-electron chi connectivity index (χ4n) is 2.87. The molecule has 0 amide bonds. The summed E-state index contributed by atoms with van der Waals surface area (Å²) in [5.41, 5.74) is 2.45. The van der Waals surface area contributed by atoms with Crippen LogP contribution >= 0.6 is 0 Å². The van der Waals surface area contributed by atoms with Crippen LogP contribution in [0.5, 0.6) is 0 Å². The third-order valence-corrected chi connectivity index (χ3v) is 3.70. The highest BCUT2D eigenvalue weighted by Crippen LogP contribution is 2.30. The molecule has 3 rings (SSSR count). The van der Waals surface area contributed by atoms with Gasteiger partial charge in [0, 0.05) is 19.1 Å². The van der Waals surface area contributed by atoms with Crippen molar-refractivity contribution in [3.8, 4) is 0 Å². The summed E-state index contributed by atoms with van der Waals surface area (Å²) in [4.78, 5) is 2.48. The second kappa shape index (κ2) is 4.15. The summed E-state index contributed by atoms with van der Waals surface area (Å²) in [6.07, 6.45) is 2.56. The molecule has 1 fully saturated rings. The Morgan fingerprint density at radius 2 is 2.06 bits per heavy atom. The van der Waals surface area contributed by atoms with Gasteiger partial charge in [0.15, 0.2) is 0 Å². The second-order valence-corrected chi connectivity index (χ2v) is 4.73. The van der Waals surface area contributed by atoms with Crippen LogP contribution < -0.4 is 5.32 Å². The monoisotopic (exact) mass is 220 g/mol. The number of nitrogens with one attached hydrogen (secondary N) is 1. The fourth-order valence-corrected chi connectivity index (χ4v) is 2.87. The number of benzene rings is 1. The minimum atomic E-state index is -0.107. The largest absolute Gasteiger partial charge is 0.311 e. The Hall–Kier alpha value is -0.930. The van der Waals surface area contributed by atoms with E-state index in [1.54, 1.807) is 12.1 Å². The third-order valence-electron chi connectivity index (χ3n) is 3.70. The molecule has 0 aromatic heterocycles. The van der Waals surface area contributed by atoms with E-state index in [1.165, 1.54) is 24.0 Å². The highest BCUT2D eigenvalue weighted by Gasteiger charge is 2.27. The summed E-state index contributed by atoms with van der Waals surface area (Å²) in [6.45, 7) is 4.14.